The standard InChI is InChI=1S/C14H18FN3O/c1-3-16-12-8-19-7-10(12)14-17-11-6-9(15)4-5-13(11)18(14)2/h4-6,10,12,16H,3,7-8H2,1-2H3. The van der Waals surface area contributed by atoms with Gasteiger partial charge in [0.2, 0.25) is 0 Å². The second-order valence-corrected chi connectivity index (χ2v) is 4.97. The van der Waals surface area contributed by atoms with Crippen LogP contribution in [0.2, 0.25) is 0 Å². The molecule has 0 amide bonds. The van der Waals surface area contributed by atoms with Crippen LogP contribution in [0.15, 0.2) is 18.2 Å². The van der Waals surface area contributed by atoms with Gasteiger partial charge in [0.1, 0.15) is 11.6 Å². The molecule has 1 aliphatic heterocycles. The Morgan fingerprint density at radius 1 is 1.47 bits per heavy atom. The van der Waals surface area contributed by atoms with Crippen LogP contribution in [0.5, 0.6) is 0 Å². The molecule has 0 bridgehead atoms. The van der Waals surface area contributed by atoms with Gasteiger partial charge in [-0.05, 0) is 18.7 Å². The van der Waals surface area contributed by atoms with E-state index < -0.39 is 0 Å². The van der Waals surface area contributed by atoms with Gasteiger partial charge in [-0.1, -0.05) is 6.92 Å². The highest BCUT2D eigenvalue weighted by atomic mass is 19.1. The Morgan fingerprint density at radius 2 is 2.32 bits per heavy atom. The second kappa shape index (κ2) is 4.90. The fourth-order valence-corrected chi connectivity index (χ4v) is 2.80. The first-order valence-corrected chi connectivity index (χ1v) is 6.63. The van der Waals surface area contributed by atoms with Crippen molar-refractivity contribution in [3.05, 3.63) is 29.8 Å². The largest absolute Gasteiger partial charge is 0.379 e. The number of aromatic nitrogens is 2. The molecule has 0 radical (unpaired) electrons. The van der Waals surface area contributed by atoms with Crippen molar-refractivity contribution in [3.8, 4) is 0 Å². The summed E-state index contributed by atoms with van der Waals surface area (Å²) in [7, 11) is 1.98. The Labute approximate surface area is 111 Å². The van der Waals surface area contributed by atoms with Crippen molar-refractivity contribution in [1.82, 2.24) is 14.9 Å². The van der Waals surface area contributed by atoms with E-state index in [2.05, 4.69) is 17.2 Å². The van der Waals surface area contributed by atoms with E-state index in [9.17, 15) is 4.39 Å². The molecule has 102 valence electrons. The number of ether oxygens (including phenoxy) is 1. The van der Waals surface area contributed by atoms with E-state index in [0.717, 1.165) is 17.9 Å². The fourth-order valence-electron chi connectivity index (χ4n) is 2.80. The number of nitrogens with one attached hydrogen (secondary N) is 1. The minimum Gasteiger partial charge on any atom is -0.379 e. The topological polar surface area (TPSA) is 39.1 Å². The van der Waals surface area contributed by atoms with Gasteiger partial charge in [-0.25, -0.2) is 9.37 Å². The summed E-state index contributed by atoms with van der Waals surface area (Å²) in [4.78, 5) is 4.59. The summed E-state index contributed by atoms with van der Waals surface area (Å²) in [6.45, 7) is 4.36. The molecule has 19 heavy (non-hydrogen) atoms. The highest BCUT2D eigenvalue weighted by Crippen LogP contribution is 2.28. The van der Waals surface area contributed by atoms with Gasteiger partial charge in [-0.2, -0.15) is 0 Å². The molecular formula is C14H18FN3O. The third kappa shape index (κ3) is 2.13. The predicted octanol–water partition coefficient (Wildman–Crippen LogP) is 1.80. The molecule has 4 nitrogen and oxygen atoms in total. The lowest BCUT2D eigenvalue weighted by molar-refractivity contribution is 0.187. The lowest BCUT2D eigenvalue weighted by atomic mass is 10.0. The lowest BCUT2D eigenvalue weighted by Crippen LogP contribution is -2.35. The van der Waals surface area contributed by atoms with Gasteiger partial charge in [0.05, 0.1) is 30.2 Å². The van der Waals surface area contributed by atoms with Crippen molar-refractivity contribution < 1.29 is 9.13 Å². The third-order valence-electron chi connectivity index (χ3n) is 3.76. The monoisotopic (exact) mass is 263 g/mol. The van der Waals surface area contributed by atoms with E-state index in [0.29, 0.717) is 18.7 Å². The first-order valence-electron chi connectivity index (χ1n) is 6.63. The highest BCUT2D eigenvalue weighted by Gasteiger charge is 2.32. The van der Waals surface area contributed by atoms with Crippen molar-refractivity contribution in [2.24, 2.45) is 7.05 Å². The number of halogens is 1. The molecule has 0 saturated carbocycles. The molecule has 0 aliphatic carbocycles. The number of fused-ring (bicyclic) bond motifs is 1. The average molecular weight is 263 g/mol. The smallest absolute Gasteiger partial charge is 0.125 e. The van der Waals surface area contributed by atoms with Crippen LogP contribution >= 0.6 is 0 Å². The molecular weight excluding hydrogens is 245 g/mol. The van der Waals surface area contributed by atoms with Crippen LogP contribution in [0.3, 0.4) is 0 Å². The number of rotatable bonds is 3. The molecule has 2 atom stereocenters. The number of imidazole rings is 1. The average Bonchev–Trinajstić information content (AvgIpc) is 2.95. The number of benzene rings is 1. The van der Waals surface area contributed by atoms with Gasteiger partial charge in [0.25, 0.3) is 0 Å². The van der Waals surface area contributed by atoms with Gasteiger partial charge in [-0.3, -0.25) is 0 Å². The van der Waals surface area contributed by atoms with Gasteiger partial charge < -0.3 is 14.6 Å². The summed E-state index contributed by atoms with van der Waals surface area (Å²) in [6.07, 6.45) is 0. The number of hydrogen-bond acceptors (Lipinski definition) is 3. The summed E-state index contributed by atoms with van der Waals surface area (Å²) < 4.78 is 20.9. The number of nitrogens with zero attached hydrogens (tertiary/aromatic N) is 2. The van der Waals surface area contributed by atoms with Crippen LogP contribution in [0, 0.1) is 5.82 Å². The quantitative estimate of drug-likeness (QED) is 0.918. The Balaban J connectivity index is 2.02. The van der Waals surface area contributed by atoms with Crippen LogP contribution in [0.4, 0.5) is 4.39 Å². The van der Waals surface area contributed by atoms with Crippen molar-refractivity contribution >= 4 is 11.0 Å². The molecule has 2 aromatic rings. The van der Waals surface area contributed by atoms with Crippen LogP contribution in [-0.4, -0.2) is 35.4 Å². The Kier molecular flexibility index (Phi) is 3.24. The molecule has 1 saturated heterocycles. The zero-order valence-electron chi connectivity index (χ0n) is 11.2. The summed E-state index contributed by atoms with van der Waals surface area (Å²) in [5.74, 6) is 0.938. The third-order valence-corrected chi connectivity index (χ3v) is 3.76. The molecule has 1 aromatic heterocycles. The van der Waals surface area contributed by atoms with Crippen LogP contribution in [0.1, 0.15) is 18.7 Å². The Hall–Kier alpha value is -1.46. The maximum atomic E-state index is 13.3. The molecule has 2 unspecified atom stereocenters. The molecule has 1 N–H and O–H groups in total. The Morgan fingerprint density at radius 3 is 3.11 bits per heavy atom. The number of likely N-dealkylation sites (N-methyl/N-ethyl adjacent to an activating group) is 1. The highest BCUT2D eigenvalue weighted by molar-refractivity contribution is 5.76. The van der Waals surface area contributed by atoms with Crippen molar-refractivity contribution in [1.29, 1.82) is 0 Å². The van der Waals surface area contributed by atoms with Crippen molar-refractivity contribution in [2.75, 3.05) is 19.8 Å². The van der Waals surface area contributed by atoms with Crippen LogP contribution in [0.25, 0.3) is 11.0 Å². The first kappa shape index (κ1) is 12.6. The van der Waals surface area contributed by atoms with E-state index in [1.165, 1.54) is 12.1 Å². The summed E-state index contributed by atoms with van der Waals surface area (Å²) >= 11 is 0. The first-order chi connectivity index (χ1) is 9.20. The van der Waals surface area contributed by atoms with Crippen LogP contribution in [-0.2, 0) is 11.8 Å². The minimum absolute atomic E-state index is 0.223. The number of hydrogen-bond donors (Lipinski definition) is 1. The predicted molar refractivity (Wildman–Crippen MR) is 71.7 cm³/mol. The summed E-state index contributed by atoms with van der Waals surface area (Å²) in [5, 5.41) is 3.42. The SMILES string of the molecule is CCNC1COCC1c1nc2cc(F)ccc2n1C. The van der Waals surface area contributed by atoms with Gasteiger partial charge in [-0.15, -0.1) is 0 Å². The summed E-state index contributed by atoms with van der Waals surface area (Å²) in [6, 6.07) is 5.02. The summed E-state index contributed by atoms with van der Waals surface area (Å²) in [5.41, 5.74) is 1.66. The molecule has 0 spiro atoms. The van der Waals surface area contributed by atoms with Crippen molar-refractivity contribution in [2.45, 2.75) is 18.9 Å². The van der Waals surface area contributed by atoms with Gasteiger partial charge in [0.15, 0.2) is 0 Å². The van der Waals surface area contributed by atoms with Crippen molar-refractivity contribution in [3.63, 3.8) is 0 Å². The zero-order chi connectivity index (χ0) is 13.4. The molecule has 3 rings (SSSR count). The van der Waals surface area contributed by atoms with Gasteiger partial charge >= 0.3 is 0 Å². The van der Waals surface area contributed by atoms with E-state index >= 15 is 0 Å². The molecule has 1 aliphatic rings. The second-order valence-electron chi connectivity index (χ2n) is 4.97. The van der Waals surface area contributed by atoms with Gasteiger partial charge in [0, 0.05) is 19.2 Å². The molecule has 2 heterocycles. The van der Waals surface area contributed by atoms with E-state index in [4.69, 9.17) is 4.74 Å². The van der Waals surface area contributed by atoms with Crippen LogP contribution < -0.4 is 5.32 Å². The molecule has 1 aromatic carbocycles. The number of aryl methyl sites for hydroxylation is 1. The lowest BCUT2D eigenvalue weighted by Gasteiger charge is -2.17. The molecule has 1 fully saturated rings. The van der Waals surface area contributed by atoms with E-state index in [1.54, 1.807) is 6.07 Å². The zero-order valence-corrected chi connectivity index (χ0v) is 11.2. The fraction of sp³-hybridized carbons (Fsp3) is 0.500. The minimum atomic E-state index is -0.247. The molecule has 5 heteroatoms. The van der Waals surface area contributed by atoms with E-state index in [1.807, 2.05) is 11.6 Å². The normalized spacial score (nSPS) is 23.3. The Bertz CT molecular complexity index is 596. The maximum absolute atomic E-state index is 13.3. The van der Waals surface area contributed by atoms with E-state index in [-0.39, 0.29) is 17.8 Å². The maximum Gasteiger partial charge on any atom is 0.125 e.